The van der Waals surface area contributed by atoms with Gasteiger partial charge in [-0.05, 0) is 12.1 Å². The van der Waals surface area contributed by atoms with Crippen molar-refractivity contribution in [2.24, 2.45) is 0 Å². The Labute approximate surface area is 70.7 Å². The number of fused-ring (bicyclic) bond motifs is 1. The highest BCUT2D eigenvalue weighted by molar-refractivity contribution is 5.77. The third kappa shape index (κ3) is 0.955. The van der Waals surface area contributed by atoms with Gasteiger partial charge >= 0.3 is 5.63 Å². The molecule has 0 aliphatic heterocycles. The number of hydrogen-bond donors (Lipinski definition) is 1. The van der Waals surface area contributed by atoms with E-state index >= 15 is 0 Å². The fraction of sp³-hybridized carbons (Fsp3) is 0. The van der Waals surface area contributed by atoms with E-state index in [4.69, 9.17) is 12.3 Å². The molecular formula is C9H6O3. The van der Waals surface area contributed by atoms with Crippen LogP contribution in [0.2, 0.25) is 0 Å². The predicted molar refractivity (Wildman–Crippen MR) is 44.1 cm³/mol. The number of aromatic hydroxyl groups is 1. The number of benzene rings is 1. The summed E-state index contributed by atoms with van der Waals surface area (Å²) in [5.74, 6) is -0.545. The normalized spacial score (nSPS) is 12.7. The van der Waals surface area contributed by atoms with Crippen LogP contribution in [0.3, 0.4) is 0 Å². The second-order valence-corrected chi connectivity index (χ2v) is 2.28. The lowest BCUT2D eigenvalue weighted by Gasteiger charge is -1.94. The summed E-state index contributed by atoms with van der Waals surface area (Å²) in [5.41, 5.74) is -0.864. The van der Waals surface area contributed by atoms with Gasteiger partial charge in [-0.25, -0.2) is 4.79 Å². The molecule has 3 heteroatoms. The molecule has 60 valence electrons. The monoisotopic (exact) mass is 164 g/mol. The summed E-state index contributed by atoms with van der Waals surface area (Å²) in [6, 6.07) is 4.04. The van der Waals surface area contributed by atoms with E-state index < -0.39 is 11.4 Å². The molecule has 3 nitrogen and oxygen atoms in total. The first-order valence-electron chi connectivity index (χ1n) is 4.32. The maximum absolute atomic E-state index is 10.9. The molecule has 1 aromatic carbocycles. The molecular weight excluding hydrogens is 156 g/mol. The topological polar surface area (TPSA) is 50.4 Å². The molecule has 1 aromatic heterocycles. The first kappa shape index (κ1) is 4.98. The summed E-state index contributed by atoms with van der Waals surface area (Å²) >= 11 is 0. The van der Waals surface area contributed by atoms with Gasteiger partial charge in [-0.2, -0.15) is 0 Å². The third-order valence-corrected chi connectivity index (χ3v) is 1.47. The van der Waals surface area contributed by atoms with E-state index in [0.717, 1.165) is 6.07 Å². The van der Waals surface area contributed by atoms with Gasteiger partial charge in [0, 0.05) is 5.39 Å². The van der Waals surface area contributed by atoms with Gasteiger partial charge in [0.25, 0.3) is 0 Å². The lowest BCUT2D eigenvalue weighted by atomic mass is 10.2. The van der Waals surface area contributed by atoms with Gasteiger partial charge in [0.15, 0.2) is 0 Å². The van der Waals surface area contributed by atoms with Crippen molar-refractivity contribution in [2.45, 2.75) is 0 Å². The average molecular weight is 164 g/mol. The van der Waals surface area contributed by atoms with Crippen molar-refractivity contribution in [3.05, 3.63) is 40.7 Å². The zero-order valence-corrected chi connectivity index (χ0v) is 6.00. The van der Waals surface area contributed by atoms with E-state index in [1.54, 1.807) is 0 Å². The van der Waals surface area contributed by atoms with Crippen LogP contribution in [0.15, 0.2) is 39.5 Å². The van der Waals surface area contributed by atoms with E-state index in [-0.39, 0.29) is 23.1 Å². The average Bonchev–Trinajstić information content (AvgIpc) is 2.15. The second kappa shape index (κ2) is 2.37. The molecule has 0 aliphatic rings. The summed E-state index contributed by atoms with van der Waals surface area (Å²) in [5, 5.41) is 9.34. The lowest BCUT2D eigenvalue weighted by Crippen LogP contribution is -1.96. The van der Waals surface area contributed by atoms with Crippen LogP contribution in [0, 0.1) is 0 Å². The van der Waals surface area contributed by atoms with Crippen molar-refractivity contribution < 1.29 is 12.3 Å². The van der Waals surface area contributed by atoms with E-state index in [1.807, 2.05) is 0 Å². The minimum atomic E-state index is -0.892. The van der Waals surface area contributed by atoms with Crippen molar-refractivity contribution in [1.82, 2.24) is 0 Å². The molecule has 0 aliphatic carbocycles. The minimum absolute atomic E-state index is 0.0214. The third-order valence-electron chi connectivity index (χ3n) is 1.47. The number of rotatable bonds is 0. The van der Waals surface area contributed by atoms with E-state index in [2.05, 4.69) is 0 Å². The largest absolute Gasteiger partial charge is 0.502 e. The standard InChI is InChI=1S/C9H6O3/c10-7-5-6-3-1-2-4-8(6)12-9(7)11/h1-5,10H/i3D,4D. The molecule has 0 radical (unpaired) electrons. The highest BCUT2D eigenvalue weighted by atomic mass is 16.4. The van der Waals surface area contributed by atoms with Crippen LogP contribution in [0.4, 0.5) is 0 Å². The van der Waals surface area contributed by atoms with E-state index in [9.17, 15) is 4.79 Å². The van der Waals surface area contributed by atoms with E-state index in [0.29, 0.717) is 0 Å². The van der Waals surface area contributed by atoms with Crippen molar-refractivity contribution in [1.29, 1.82) is 0 Å². The maximum Gasteiger partial charge on any atom is 0.378 e. The zero-order valence-electron chi connectivity index (χ0n) is 8.00. The van der Waals surface area contributed by atoms with Gasteiger partial charge in [-0.1, -0.05) is 18.2 Å². The molecule has 0 spiro atoms. The molecule has 0 fully saturated rings. The Balaban J connectivity index is 3.01. The van der Waals surface area contributed by atoms with Crippen LogP contribution in [0.5, 0.6) is 5.75 Å². The predicted octanol–water partition coefficient (Wildman–Crippen LogP) is 1.50. The molecule has 0 saturated heterocycles. The molecule has 0 amide bonds. The van der Waals surface area contributed by atoms with Crippen LogP contribution >= 0.6 is 0 Å². The van der Waals surface area contributed by atoms with Crippen molar-refractivity contribution in [3.8, 4) is 5.75 Å². The zero-order chi connectivity index (χ0) is 10.3. The van der Waals surface area contributed by atoms with Crippen LogP contribution in [-0.4, -0.2) is 5.11 Å². The molecule has 0 unspecified atom stereocenters. The Bertz CT molecular complexity index is 560. The molecule has 0 bridgehead atoms. The Hall–Kier alpha value is -1.77. The van der Waals surface area contributed by atoms with Gasteiger partial charge in [-0.15, -0.1) is 0 Å². The van der Waals surface area contributed by atoms with Gasteiger partial charge in [0.2, 0.25) is 5.75 Å². The molecule has 0 saturated carbocycles. The Morgan fingerprint density at radius 2 is 2.17 bits per heavy atom. The fourth-order valence-corrected chi connectivity index (χ4v) is 0.924. The Kier molecular flexibility index (Phi) is 0.985. The highest BCUT2D eigenvalue weighted by Crippen LogP contribution is 2.14. The van der Waals surface area contributed by atoms with Gasteiger partial charge < -0.3 is 9.52 Å². The lowest BCUT2D eigenvalue weighted by molar-refractivity contribution is 0.428. The minimum Gasteiger partial charge on any atom is -0.502 e. The Morgan fingerprint density at radius 1 is 1.42 bits per heavy atom. The summed E-state index contributed by atoms with van der Waals surface area (Å²) in [7, 11) is 0. The Morgan fingerprint density at radius 3 is 3.00 bits per heavy atom. The SMILES string of the molecule is [2H]c1ccc([2H])c2oc(=O)c(O)cc12. The number of hydrogen-bond acceptors (Lipinski definition) is 3. The van der Waals surface area contributed by atoms with Crippen molar-refractivity contribution in [3.63, 3.8) is 0 Å². The summed E-state index contributed by atoms with van der Waals surface area (Å²) in [6.45, 7) is 0. The first-order chi connectivity index (χ1) is 6.59. The molecule has 1 N–H and O–H groups in total. The first-order valence-corrected chi connectivity index (χ1v) is 3.32. The van der Waals surface area contributed by atoms with Crippen LogP contribution in [0.25, 0.3) is 11.0 Å². The van der Waals surface area contributed by atoms with Gasteiger partial charge in [0.05, 0.1) is 2.74 Å². The smallest absolute Gasteiger partial charge is 0.378 e. The molecule has 2 aromatic rings. The molecule has 12 heavy (non-hydrogen) atoms. The van der Waals surface area contributed by atoms with Crippen molar-refractivity contribution in [2.75, 3.05) is 0 Å². The van der Waals surface area contributed by atoms with Crippen LogP contribution in [-0.2, 0) is 0 Å². The van der Waals surface area contributed by atoms with Gasteiger partial charge in [0.1, 0.15) is 5.58 Å². The van der Waals surface area contributed by atoms with Gasteiger partial charge in [-0.3, -0.25) is 0 Å². The maximum atomic E-state index is 10.9. The van der Waals surface area contributed by atoms with E-state index in [1.165, 1.54) is 12.1 Å². The summed E-state index contributed by atoms with van der Waals surface area (Å²) < 4.78 is 19.6. The second-order valence-electron chi connectivity index (χ2n) is 2.28. The van der Waals surface area contributed by atoms with Crippen LogP contribution in [0.1, 0.15) is 2.74 Å². The highest BCUT2D eigenvalue weighted by Gasteiger charge is 2.00. The summed E-state index contributed by atoms with van der Waals surface area (Å²) in [6.07, 6.45) is 0. The molecule has 2 rings (SSSR count). The van der Waals surface area contributed by atoms with Crippen LogP contribution < -0.4 is 5.63 Å². The molecule has 1 heterocycles. The van der Waals surface area contributed by atoms with Crippen molar-refractivity contribution >= 4 is 11.0 Å². The molecule has 0 atom stereocenters. The quantitative estimate of drug-likeness (QED) is 0.600. The fourth-order valence-electron chi connectivity index (χ4n) is 0.924. The number of para-hydroxylation sites is 1. The summed E-state index contributed by atoms with van der Waals surface area (Å²) in [4.78, 5) is 10.9.